The van der Waals surface area contributed by atoms with E-state index in [1.807, 2.05) is 12.1 Å². The maximum Gasteiger partial charge on any atom is 0.123 e. The van der Waals surface area contributed by atoms with Crippen LogP contribution in [0.15, 0.2) is 51.4 Å². The van der Waals surface area contributed by atoms with E-state index in [1.54, 1.807) is 12.1 Å². The van der Waals surface area contributed by atoms with Gasteiger partial charge in [0, 0.05) is 15.0 Å². The standard InChI is InChI=1S/C16H16Br2FN/c1-2-20-16(9-11-3-5-12(17)6-4-11)14-10-13(19)7-8-15(14)18/h3-8,10,16,20H,2,9H2,1H3. The van der Waals surface area contributed by atoms with Crippen LogP contribution >= 0.6 is 31.9 Å². The number of likely N-dealkylation sites (N-methyl/N-ethyl adjacent to an activating group) is 1. The van der Waals surface area contributed by atoms with Crippen molar-refractivity contribution in [3.05, 3.63) is 68.4 Å². The highest BCUT2D eigenvalue weighted by molar-refractivity contribution is 9.10. The van der Waals surface area contributed by atoms with E-state index in [2.05, 4.69) is 56.2 Å². The van der Waals surface area contributed by atoms with Gasteiger partial charge >= 0.3 is 0 Å². The van der Waals surface area contributed by atoms with Crippen LogP contribution in [0.4, 0.5) is 4.39 Å². The van der Waals surface area contributed by atoms with Crippen molar-refractivity contribution >= 4 is 31.9 Å². The van der Waals surface area contributed by atoms with Crippen molar-refractivity contribution in [1.82, 2.24) is 5.32 Å². The van der Waals surface area contributed by atoms with Crippen LogP contribution in [-0.2, 0) is 6.42 Å². The zero-order valence-corrected chi connectivity index (χ0v) is 14.3. The van der Waals surface area contributed by atoms with Gasteiger partial charge in [-0.1, -0.05) is 50.9 Å². The molecule has 2 aromatic rings. The minimum atomic E-state index is -0.207. The predicted octanol–water partition coefficient (Wildman–Crippen LogP) is 5.24. The highest BCUT2D eigenvalue weighted by atomic mass is 79.9. The van der Waals surface area contributed by atoms with Crippen molar-refractivity contribution in [2.75, 3.05) is 6.54 Å². The van der Waals surface area contributed by atoms with Crippen LogP contribution in [-0.4, -0.2) is 6.54 Å². The summed E-state index contributed by atoms with van der Waals surface area (Å²) in [5.74, 6) is -0.207. The van der Waals surface area contributed by atoms with Gasteiger partial charge in [0.15, 0.2) is 0 Å². The Bertz CT molecular complexity index is 569. The molecule has 0 bridgehead atoms. The molecule has 0 aliphatic heterocycles. The molecule has 0 saturated heterocycles. The molecule has 0 aliphatic carbocycles. The third-order valence-electron chi connectivity index (χ3n) is 3.14. The highest BCUT2D eigenvalue weighted by Gasteiger charge is 2.15. The van der Waals surface area contributed by atoms with Crippen molar-refractivity contribution in [2.24, 2.45) is 0 Å². The number of halogens is 3. The molecule has 2 aromatic carbocycles. The summed E-state index contributed by atoms with van der Waals surface area (Å²) in [6.45, 7) is 2.89. The summed E-state index contributed by atoms with van der Waals surface area (Å²) in [4.78, 5) is 0. The van der Waals surface area contributed by atoms with Gasteiger partial charge in [-0.25, -0.2) is 4.39 Å². The van der Waals surface area contributed by atoms with Gasteiger partial charge in [0.25, 0.3) is 0 Å². The van der Waals surface area contributed by atoms with Crippen LogP contribution in [0.25, 0.3) is 0 Å². The second kappa shape index (κ2) is 7.34. The minimum absolute atomic E-state index is 0.0891. The van der Waals surface area contributed by atoms with Gasteiger partial charge in [-0.2, -0.15) is 0 Å². The molecule has 20 heavy (non-hydrogen) atoms. The summed E-state index contributed by atoms with van der Waals surface area (Å²) in [5.41, 5.74) is 2.17. The Kier molecular flexibility index (Phi) is 5.75. The highest BCUT2D eigenvalue weighted by Crippen LogP contribution is 2.27. The quantitative estimate of drug-likeness (QED) is 0.723. The van der Waals surface area contributed by atoms with Gasteiger partial charge in [0.05, 0.1) is 0 Å². The van der Waals surface area contributed by atoms with Crippen molar-refractivity contribution in [1.29, 1.82) is 0 Å². The molecule has 0 amide bonds. The van der Waals surface area contributed by atoms with Crippen molar-refractivity contribution in [3.8, 4) is 0 Å². The van der Waals surface area contributed by atoms with Crippen LogP contribution in [0.2, 0.25) is 0 Å². The molecule has 0 spiro atoms. The second-order valence-electron chi connectivity index (χ2n) is 4.61. The molecule has 0 radical (unpaired) electrons. The van der Waals surface area contributed by atoms with Gasteiger partial charge in [0.2, 0.25) is 0 Å². The molecule has 4 heteroatoms. The van der Waals surface area contributed by atoms with Crippen molar-refractivity contribution in [3.63, 3.8) is 0 Å². The van der Waals surface area contributed by atoms with Gasteiger partial charge in [0.1, 0.15) is 5.82 Å². The smallest absolute Gasteiger partial charge is 0.123 e. The average Bonchev–Trinajstić information content (AvgIpc) is 2.43. The average molecular weight is 401 g/mol. The topological polar surface area (TPSA) is 12.0 Å². The Morgan fingerprint density at radius 1 is 1.10 bits per heavy atom. The fraction of sp³-hybridized carbons (Fsp3) is 0.250. The van der Waals surface area contributed by atoms with E-state index >= 15 is 0 Å². The Labute approximate surface area is 135 Å². The van der Waals surface area contributed by atoms with E-state index in [4.69, 9.17) is 0 Å². The number of benzene rings is 2. The van der Waals surface area contributed by atoms with Gasteiger partial charge in [-0.15, -0.1) is 0 Å². The molecule has 1 atom stereocenters. The van der Waals surface area contributed by atoms with Crippen LogP contribution in [0, 0.1) is 5.82 Å². The predicted molar refractivity (Wildman–Crippen MR) is 88.4 cm³/mol. The molecule has 0 aliphatic rings. The van der Waals surface area contributed by atoms with E-state index in [0.29, 0.717) is 0 Å². The Hall–Kier alpha value is -0.710. The molecule has 1 unspecified atom stereocenters. The van der Waals surface area contributed by atoms with Gasteiger partial charge in [-0.3, -0.25) is 0 Å². The fourth-order valence-electron chi connectivity index (χ4n) is 2.18. The fourth-order valence-corrected chi connectivity index (χ4v) is 2.96. The molecule has 2 rings (SSSR count). The van der Waals surface area contributed by atoms with Gasteiger partial charge < -0.3 is 5.32 Å². The zero-order chi connectivity index (χ0) is 14.5. The minimum Gasteiger partial charge on any atom is -0.310 e. The lowest BCUT2D eigenvalue weighted by molar-refractivity contribution is 0.540. The lowest BCUT2D eigenvalue weighted by Crippen LogP contribution is -2.23. The summed E-state index contributed by atoms with van der Waals surface area (Å²) in [5, 5.41) is 3.42. The molecule has 0 fully saturated rings. The molecular weight excluding hydrogens is 385 g/mol. The number of hydrogen-bond donors (Lipinski definition) is 1. The molecule has 1 N–H and O–H groups in total. The normalized spacial score (nSPS) is 12.4. The van der Waals surface area contributed by atoms with Crippen LogP contribution in [0.3, 0.4) is 0 Å². The second-order valence-corrected chi connectivity index (χ2v) is 6.38. The molecule has 0 saturated carbocycles. The van der Waals surface area contributed by atoms with Gasteiger partial charge in [-0.05, 0) is 54.4 Å². The summed E-state index contributed by atoms with van der Waals surface area (Å²) < 4.78 is 15.5. The Balaban J connectivity index is 2.26. The first-order valence-electron chi connectivity index (χ1n) is 6.53. The third kappa shape index (κ3) is 4.14. The molecule has 0 heterocycles. The maximum absolute atomic E-state index is 13.5. The van der Waals surface area contributed by atoms with Crippen LogP contribution in [0.1, 0.15) is 24.1 Å². The first kappa shape index (κ1) is 15.7. The summed E-state index contributed by atoms with van der Waals surface area (Å²) in [7, 11) is 0. The SMILES string of the molecule is CCNC(Cc1ccc(Br)cc1)c1cc(F)ccc1Br. The summed E-state index contributed by atoms with van der Waals surface area (Å²) >= 11 is 6.95. The third-order valence-corrected chi connectivity index (χ3v) is 4.39. The summed E-state index contributed by atoms with van der Waals surface area (Å²) in [6, 6.07) is 13.1. The Morgan fingerprint density at radius 3 is 2.45 bits per heavy atom. The van der Waals surface area contributed by atoms with E-state index < -0.39 is 0 Å². The molecule has 1 nitrogen and oxygen atoms in total. The van der Waals surface area contributed by atoms with E-state index in [-0.39, 0.29) is 11.9 Å². The summed E-state index contributed by atoms with van der Waals surface area (Å²) in [6.07, 6.45) is 0.823. The first-order chi connectivity index (χ1) is 9.60. The largest absolute Gasteiger partial charge is 0.310 e. The van der Waals surface area contributed by atoms with Crippen LogP contribution in [0.5, 0.6) is 0 Å². The van der Waals surface area contributed by atoms with E-state index in [1.165, 1.54) is 11.6 Å². The molecule has 106 valence electrons. The number of rotatable bonds is 5. The first-order valence-corrected chi connectivity index (χ1v) is 8.11. The van der Waals surface area contributed by atoms with E-state index in [0.717, 1.165) is 27.5 Å². The lowest BCUT2D eigenvalue weighted by atomic mass is 9.98. The monoisotopic (exact) mass is 399 g/mol. The van der Waals surface area contributed by atoms with Crippen molar-refractivity contribution < 1.29 is 4.39 Å². The molecular formula is C16H16Br2FN. The molecule has 0 aromatic heterocycles. The maximum atomic E-state index is 13.5. The number of nitrogens with one attached hydrogen (secondary N) is 1. The number of hydrogen-bond acceptors (Lipinski definition) is 1. The van der Waals surface area contributed by atoms with Crippen molar-refractivity contribution in [2.45, 2.75) is 19.4 Å². The van der Waals surface area contributed by atoms with Crippen LogP contribution < -0.4 is 5.32 Å². The zero-order valence-electron chi connectivity index (χ0n) is 11.2. The van der Waals surface area contributed by atoms with E-state index in [9.17, 15) is 4.39 Å². The lowest BCUT2D eigenvalue weighted by Gasteiger charge is -2.20. The Morgan fingerprint density at radius 2 is 1.80 bits per heavy atom.